The molecule has 0 aliphatic rings. The van der Waals surface area contributed by atoms with Crippen LogP contribution in [0, 0.1) is 0 Å². The van der Waals surface area contributed by atoms with E-state index >= 15 is 0 Å². The van der Waals surface area contributed by atoms with Crippen molar-refractivity contribution in [2.75, 3.05) is 0 Å². The van der Waals surface area contributed by atoms with Crippen LogP contribution in [0.25, 0.3) is 21.8 Å². The molecule has 5 atom stereocenters. The summed E-state index contributed by atoms with van der Waals surface area (Å²) >= 11 is 0. The predicted molar refractivity (Wildman–Crippen MR) is 464 cm³/mol. The van der Waals surface area contributed by atoms with Crippen LogP contribution in [-0.4, -0.2) is 85.0 Å². The molecule has 0 saturated heterocycles. The van der Waals surface area contributed by atoms with Crippen LogP contribution in [0.3, 0.4) is 0 Å². The van der Waals surface area contributed by atoms with Crippen LogP contribution in [0.1, 0.15) is 154 Å². The molecule has 5 amide bonds. The summed E-state index contributed by atoms with van der Waals surface area (Å²) < 4.78 is 0. The van der Waals surface area contributed by atoms with Crippen LogP contribution in [0.5, 0.6) is 17.2 Å². The Labute approximate surface area is 674 Å². The molecule has 2 heterocycles. The lowest BCUT2D eigenvalue weighted by Gasteiger charge is -2.17. The van der Waals surface area contributed by atoms with E-state index in [1.807, 2.05) is 171 Å². The van der Waals surface area contributed by atoms with E-state index in [1.54, 1.807) is 36.4 Å². The van der Waals surface area contributed by atoms with Gasteiger partial charge < -0.3 is 51.9 Å². The zero-order valence-corrected chi connectivity index (χ0v) is 67.0. The number of phenols is 3. The summed E-state index contributed by atoms with van der Waals surface area (Å²) in [4.78, 5) is 67.4. The summed E-state index contributed by atoms with van der Waals surface area (Å²) in [6.07, 6.45) is 19.1. The van der Waals surface area contributed by atoms with Gasteiger partial charge in [0.1, 0.15) is 17.2 Å². The van der Waals surface area contributed by atoms with E-state index in [2.05, 4.69) is 149 Å². The monoisotopic (exact) mass is 1530 g/mol. The molecule has 12 aromatic rings. The van der Waals surface area contributed by atoms with Crippen LogP contribution in [0.4, 0.5) is 0 Å². The molecule has 0 spiro atoms. The van der Waals surface area contributed by atoms with E-state index < -0.39 is 0 Å². The van der Waals surface area contributed by atoms with Gasteiger partial charge in [0.2, 0.25) is 29.5 Å². The van der Waals surface area contributed by atoms with Crippen LogP contribution in [0.2, 0.25) is 0 Å². The minimum atomic E-state index is 0.0312. The van der Waals surface area contributed by atoms with E-state index in [1.165, 1.54) is 49.7 Å². The van der Waals surface area contributed by atoms with Gasteiger partial charge in [0.25, 0.3) is 0 Å². The lowest BCUT2D eigenvalue weighted by molar-refractivity contribution is -0.122. The Kier molecular flexibility index (Phi) is 38.0. The maximum absolute atomic E-state index is 12.3. The number of carbonyl (C=O) groups excluding carboxylic acids is 5. The molecule has 0 aliphatic heterocycles. The standard InChI is InChI=1S/2C21H24N2O.C19H23NO3.C19H23NO2.C19H23NO/c1-2-18(14-16-8-4-3-5-9-16)23-21(24)13-12-17-15-22-20-11-7-6-10-19(17)20;1-2-18(14-17-15-22-20-11-7-6-10-19(17)20)23-21(24)13-12-16-8-4-3-5-9-16;1-2-16(13-15-5-10-18(22)11-6-15)20-19(23)12-7-14-3-8-17(21)9-4-14;1-2-17(14-16-8-11-18(21)12-9-16)20-19(22)13-10-15-6-4-3-5-7-15;1-2-18(15-17-11-7-4-8-12-17)20-19(21)14-13-16-9-5-3-6-10-16/h2*3-11,15,18,22H,2,12-14H2,1H3,(H,23,24);3-6,8-11,16,21-22H,2,7,12-13H2,1H3,(H,20,23);3-9,11-12,17,21H,2,10,13-14H2,1H3,(H,20,22);3-12,18H,2,13-15H2,1H3,(H,20,21). The average molecular weight is 1530 g/mol. The SMILES string of the molecule is CCC(Cc1c[nH]c2ccccc12)NC(=O)CCc1ccccc1.CCC(Cc1ccc(O)cc1)NC(=O)CCc1ccc(O)cc1.CCC(Cc1ccc(O)cc1)NC(=O)CCc1ccccc1.CCC(Cc1ccccc1)NC(=O)CCc1c[nH]c2ccccc12.CCC(Cc1ccccc1)NC(=O)CCc1ccccc1. The van der Waals surface area contributed by atoms with E-state index in [-0.39, 0.29) is 77.0 Å². The summed E-state index contributed by atoms with van der Waals surface area (Å²) in [5, 5.41) is 46.0. The molecule has 0 fully saturated rings. The van der Waals surface area contributed by atoms with Gasteiger partial charge in [0.15, 0.2) is 0 Å². The van der Waals surface area contributed by atoms with Gasteiger partial charge in [-0.1, -0.05) is 259 Å². The number of nitrogens with one attached hydrogen (secondary N) is 7. The highest BCUT2D eigenvalue weighted by molar-refractivity contribution is 5.85. The Bertz CT molecular complexity index is 4710. The molecule has 10 aromatic carbocycles. The predicted octanol–water partition coefficient (Wildman–Crippen LogP) is 18.9. The van der Waals surface area contributed by atoms with Gasteiger partial charge in [-0.05, 0) is 200 Å². The van der Waals surface area contributed by atoms with Gasteiger partial charge in [-0.25, -0.2) is 0 Å². The number of aromatic amines is 2. The second kappa shape index (κ2) is 49.4. The molecule has 0 saturated carbocycles. The highest BCUT2D eigenvalue weighted by Crippen LogP contribution is 2.23. The largest absolute Gasteiger partial charge is 0.508 e. The van der Waals surface area contributed by atoms with Crippen molar-refractivity contribution in [1.29, 1.82) is 0 Å². The molecule has 5 unspecified atom stereocenters. The van der Waals surface area contributed by atoms with Gasteiger partial charge in [-0.2, -0.15) is 0 Å². The van der Waals surface area contributed by atoms with Crippen molar-refractivity contribution >= 4 is 51.3 Å². The first-order valence-corrected chi connectivity index (χ1v) is 40.6. The first-order chi connectivity index (χ1) is 55.5. The molecule has 10 N–H and O–H groups in total. The van der Waals surface area contributed by atoms with Crippen LogP contribution < -0.4 is 26.6 Å². The van der Waals surface area contributed by atoms with Crippen molar-refractivity contribution in [1.82, 2.24) is 36.6 Å². The topological polar surface area (TPSA) is 238 Å². The fourth-order valence-corrected chi connectivity index (χ4v) is 13.4. The lowest BCUT2D eigenvalue weighted by atomic mass is 10.0. The Hall–Kier alpha value is -12.0. The first kappa shape index (κ1) is 87.6. The van der Waals surface area contributed by atoms with Gasteiger partial charge in [-0.3, -0.25) is 24.0 Å². The summed E-state index contributed by atoms with van der Waals surface area (Å²) in [5.74, 6) is 1.27. The zero-order chi connectivity index (χ0) is 80.9. The van der Waals surface area contributed by atoms with Crippen LogP contribution >= 0.6 is 0 Å². The number of phenolic OH excluding ortho intramolecular Hbond substituents is 3. The Morgan fingerprint density at radius 3 is 0.772 bits per heavy atom. The lowest BCUT2D eigenvalue weighted by Crippen LogP contribution is -2.36. The number of fused-ring (bicyclic) bond motifs is 2. The van der Waals surface area contributed by atoms with Gasteiger partial charge >= 0.3 is 0 Å². The number of H-pyrrole nitrogens is 2. The second-order valence-electron chi connectivity index (χ2n) is 29.0. The molecule has 0 radical (unpaired) electrons. The molecule has 15 nitrogen and oxygen atoms in total. The summed E-state index contributed by atoms with van der Waals surface area (Å²) in [7, 11) is 0. The number of aryl methyl sites for hydroxylation is 5. The number of carbonyl (C=O) groups is 5. The molecule has 2 aromatic heterocycles. The highest BCUT2D eigenvalue weighted by Gasteiger charge is 2.18. The molecule has 0 aliphatic carbocycles. The van der Waals surface area contributed by atoms with Crippen molar-refractivity contribution in [3.8, 4) is 17.2 Å². The third-order valence-corrected chi connectivity index (χ3v) is 20.2. The average Bonchev–Trinajstić information content (AvgIpc) is 1.70. The number of aromatic nitrogens is 2. The third kappa shape index (κ3) is 32.8. The quantitative estimate of drug-likeness (QED) is 0.0183. The second-order valence-corrected chi connectivity index (χ2v) is 29.0. The summed E-state index contributed by atoms with van der Waals surface area (Å²) in [6, 6.07) is 89.5. The Morgan fingerprint density at radius 2 is 0.474 bits per heavy atom. The van der Waals surface area contributed by atoms with E-state index in [0.717, 1.165) is 118 Å². The molecular weight excluding hydrogens is 1420 g/mol. The number of hydrogen-bond acceptors (Lipinski definition) is 8. The van der Waals surface area contributed by atoms with Gasteiger partial charge in [0.05, 0.1) is 0 Å². The number of aromatic hydroxyl groups is 3. The number of para-hydroxylation sites is 2. The maximum Gasteiger partial charge on any atom is 0.220 e. The minimum Gasteiger partial charge on any atom is -0.508 e. The number of amides is 5. The molecule has 0 bridgehead atoms. The molecule has 15 heteroatoms. The zero-order valence-electron chi connectivity index (χ0n) is 67.0. The number of rotatable bonds is 35. The van der Waals surface area contributed by atoms with Gasteiger partial charge in [-0.15, -0.1) is 0 Å². The van der Waals surface area contributed by atoms with Crippen LogP contribution in [-0.2, 0) is 88.2 Å². The highest BCUT2D eigenvalue weighted by atomic mass is 16.3. The van der Waals surface area contributed by atoms with Crippen molar-refractivity contribution in [2.45, 2.75) is 193 Å². The smallest absolute Gasteiger partial charge is 0.220 e. The van der Waals surface area contributed by atoms with Crippen molar-refractivity contribution in [3.05, 3.63) is 341 Å². The van der Waals surface area contributed by atoms with E-state index in [0.29, 0.717) is 38.5 Å². The molecule has 114 heavy (non-hydrogen) atoms. The molecular formula is C99H117N7O8. The molecule has 596 valence electrons. The van der Waals surface area contributed by atoms with Gasteiger partial charge in [0, 0.05) is 96.5 Å². The van der Waals surface area contributed by atoms with Crippen molar-refractivity contribution in [2.24, 2.45) is 0 Å². The summed E-state index contributed by atoms with van der Waals surface area (Å²) in [5.41, 5.74) is 14.1. The van der Waals surface area contributed by atoms with Crippen LogP contribution in [0.15, 0.2) is 285 Å². The Morgan fingerprint density at radius 1 is 0.254 bits per heavy atom. The minimum absolute atomic E-state index is 0.0312. The Balaban J connectivity index is 0.000000179. The van der Waals surface area contributed by atoms with Crippen molar-refractivity contribution < 1.29 is 39.3 Å². The fourth-order valence-electron chi connectivity index (χ4n) is 13.4. The van der Waals surface area contributed by atoms with E-state index in [4.69, 9.17) is 0 Å². The number of benzene rings is 10. The normalized spacial score (nSPS) is 12.0. The first-order valence-electron chi connectivity index (χ1n) is 40.6. The van der Waals surface area contributed by atoms with E-state index in [9.17, 15) is 39.3 Å². The summed E-state index contributed by atoms with van der Waals surface area (Å²) in [6.45, 7) is 10.5. The van der Waals surface area contributed by atoms with Crippen molar-refractivity contribution in [3.63, 3.8) is 0 Å². The molecule has 12 rings (SSSR count). The number of hydrogen-bond donors (Lipinski definition) is 10. The maximum atomic E-state index is 12.3. The third-order valence-electron chi connectivity index (χ3n) is 20.2. The fraction of sp³-hybridized carbons (Fsp3) is 0.303.